The summed E-state index contributed by atoms with van der Waals surface area (Å²) in [6.45, 7) is 4.64. The monoisotopic (exact) mass is 296 g/mol. The van der Waals surface area contributed by atoms with E-state index in [1.54, 1.807) is 6.07 Å². The van der Waals surface area contributed by atoms with E-state index in [9.17, 15) is 13.2 Å². The van der Waals surface area contributed by atoms with Crippen LogP contribution in [0, 0.1) is 13.8 Å². The van der Waals surface area contributed by atoms with Gasteiger partial charge in [0.2, 0.25) is 0 Å². The van der Waals surface area contributed by atoms with Gasteiger partial charge in [0, 0.05) is 18.8 Å². The second-order valence-corrected chi connectivity index (χ2v) is 7.64. The fourth-order valence-electron chi connectivity index (χ4n) is 2.45. The minimum absolute atomic E-state index is 0.308. The van der Waals surface area contributed by atoms with Crippen molar-refractivity contribution >= 4 is 15.6 Å². The van der Waals surface area contributed by atoms with Crippen molar-refractivity contribution in [2.75, 3.05) is 19.0 Å². The molecule has 0 saturated carbocycles. The van der Waals surface area contributed by atoms with E-state index in [-0.39, 0.29) is 5.78 Å². The van der Waals surface area contributed by atoms with Gasteiger partial charge < -0.3 is 4.74 Å². The van der Waals surface area contributed by atoms with E-state index in [1.165, 1.54) is 0 Å². The SMILES string of the molecule is Cc1ccc(C)c(C(=O)CS(=O)(=O)C2CCOCC2)c1. The maximum atomic E-state index is 12.3. The molecule has 2 rings (SSSR count). The highest BCUT2D eigenvalue weighted by Crippen LogP contribution is 2.19. The van der Waals surface area contributed by atoms with Gasteiger partial charge in [-0.2, -0.15) is 0 Å². The molecule has 0 amide bonds. The average molecular weight is 296 g/mol. The Morgan fingerprint density at radius 3 is 2.55 bits per heavy atom. The molecule has 0 atom stereocenters. The van der Waals surface area contributed by atoms with Gasteiger partial charge in [-0.1, -0.05) is 17.7 Å². The van der Waals surface area contributed by atoms with Gasteiger partial charge in [-0.25, -0.2) is 8.42 Å². The first-order valence-electron chi connectivity index (χ1n) is 6.80. The number of carbonyl (C=O) groups is 1. The number of ether oxygens (including phenoxy) is 1. The van der Waals surface area contributed by atoms with Crippen LogP contribution < -0.4 is 0 Å². The number of rotatable bonds is 4. The molecule has 0 aliphatic carbocycles. The summed E-state index contributed by atoms with van der Waals surface area (Å²) in [5.41, 5.74) is 2.30. The van der Waals surface area contributed by atoms with E-state index >= 15 is 0 Å². The lowest BCUT2D eigenvalue weighted by Crippen LogP contribution is -2.33. The van der Waals surface area contributed by atoms with Crippen LogP contribution in [0.2, 0.25) is 0 Å². The summed E-state index contributed by atoms with van der Waals surface area (Å²) in [4.78, 5) is 12.3. The molecule has 0 N–H and O–H groups in total. The zero-order chi connectivity index (χ0) is 14.8. The van der Waals surface area contributed by atoms with Crippen LogP contribution in [0.15, 0.2) is 18.2 Å². The Balaban J connectivity index is 2.16. The predicted octanol–water partition coefficient (Wildman–Crippen LogP) is 2.08. The largest absolute Gasteiger partial charge is 0.381 e. The van der Waals surface area contributed by atoms with Crippen LogP contribution in [0.4, 0.5) is 0 Å². The molecule has 0 bridgehead atoms. The van der Waals surface area contributed by atoms with E-state index in [0.29, 0.717) is 31.6 Å². The third-order valence-corrected chi connectivity index (χ3v) is 5.85. The number of hydrogen-bond acceptors (Lipinski definition) is 4. The molecule has 1 heterocycles. The smallest absolute Gasteiger partial charge is 0.178 e. The maximum Gasteiger partial charge on any atom is 0.178 e. The molecule has 1 aromatic rings. The number of Topliss-reactive ketones (excluding diaryl/α,β-unsaturated/α-hetero) is 1. The summed E-state index contributed by atoms with van der Waals surface area (Å²) < 4.78 is 29.7. The average Bonchev–Trinajstić information content (AvgIpc) is 2.42. The first kappa shape index (κ1) is 15.2. The molecule has 20 heavy (non-hydrogen) atoms. The highest BCUT2D eigenvalue weighted by molar-refractivity contribution is 7.92. The first-order valence-corrected chi connectivity index (χ1v) is 8.51. The van der Waals surface area contributed by atoms with Gasteiger partial charge in [0.1, 0.15) is 5.75 Å². The lowest BCUT2D eigenvalue weighted by atomic mass is 10.0. The molecule has 4 nitrogen and oxygen atoms in total. The molecule has 0 spiro atoms. The number of carbonyl (C=O) groups excluding carboxylic acids is 1. The van der Waals surface area contributed by atoms with Crippen LogP contribution in [-0.4, -0.2) is 38.4 Å². The molecule has 0 radical (unpaired) electrons. The predicted molar refractivity (Wildman–Crippen MR) is 77.9 cm³/mol. The summed E-state index contributed by atoms with van der Waals surface area (Å²) in [5, 5.41) is -0.440. The molecule has 5 heteroatoms. The molecule has 110 valence electrons. The van der Waals surface area contributed by atoms with Crippen LogP contribution in [-0.2, 0) is 14.6 Å². The van der Waals surface area contributed by atoms with Gasteiger partial charge in [-0.05, 0) is 38.3 Å². The van der Waals surface area contributed by atoms with E-state index in [4.69, 9.17) is 4.74 Å². The van der Waals surface area contributed by atoms with Crippen LogP contribution in [0.25, 0.3) is 0 Å². The van der Waals surface area contributed by atoms with E-state index in [0.717, 1.165) is 11.1 Å². The van der Waals surface area contributed by atoms with Crippen molar-refractivity contribution in [2.24, 2.45) is 0 Å². The third-order valence-electron chi connectivity index (χ3n) is 3.70. The zero-order valence-corrected chi connectivity index (χ0v) is 12.7. The fraction of sp³-hybridized carbons (Fsp3) is 0.533. The van der Waals surface area contributed by atoms with Crippen molar-refractivity contribution in [3.05, 3.63) is 34.9 Å². The van der Waals surface area contributed by atoms with Gasteiger partial charge >= 0.3 is 0 Å². The van der Waals surface area contributed by atoms with Gasteiger partial charge in [-0.15, -0.1) is 0 Å². The summed E-state index contributed by atoms with van der Waals surface area (Å²) in [6, 6.07) is 5.53. The molecule has 0 aromatic heterocycles. The Hall–Kier alpha value is -1.20. The number of ketones is 1. The van der Waals surface area contributed by atoms with Crippen molar-refractivity contribution in [3.8, 4) is 0 Å². The van der Waals surface area contributed by atoms with E-state index < -0.39 is 20.8 Å². The minimum atomic E-state index is -3.39. The minimum Gasteiger partial charge on any atom is -0.381 e. The van der Waals surface area contributed by atoms with Crippen LogP contribution in [0.5, 0.6) is 0 Å². The van der Waals surface area contributed by atoms with Gasteiger partial charge in [0.05, 0.1) is 5.25 Å². The zero-order valence-electron chi connectivity index (χ0n) is 11.9. The van der Waals surface area contributed by atoms with Crippen molar-refractivity contribution in [1.29, 1.82) is 0 Å². The third kappa shape index (κ3) is 3.46. The van der Waals surface area contributed by atoms with Gasteiger partial charge in [-0.3, -0.25) is 4.79 Å². The Bertz CT molecular complexity index is 598. The molecule has 1 aromatic carbocycles. The number of aryl methyl sites for hydroxylation is 2. The normalized spacial score (nSPS) is 17.1. The van der Waals surface area contributed by atoms with Crippen LogP contribution in [0.1, 0.15) is 34.3 Å². The standard InChI is InChI=1S/C15H20O4S/c1-11-3-4-12(2)14(9-11)15(16)10-20(17,18)13-5-7-19-8-6-13/h3-4,9,13H,5-8,10H2,1-2H3. The summed E-state index contributed by atoms with van der Waals surface area (Å²) >= 11 is 0. The fourth-order valence-corrected chi connectivity index (χ4v) is 4.12. The van der Waals surface area contributed by atoms with Crippen LogP contribution >= 0.6 is 0 Å². The summed E-state index contributed by atoms with van der Waals surface area (Å²) in [7, 11) is -3.39. The second kappa shape index (κ2) is 6.06. The maximum absolute atomic E-state index is 12.3. The van der Waals surface area contributed by atoms with Gasteiger partial charge in [0.25, 0.3) is 0 Å². The molecule has 1 fully saturated rings. The second-order valence-electron chi connectivity index (χ2n) is 5.36. The summed E-state index contributed by atoms with van der Waals surface area (Å²) in [6.07, 6.45) is 0.977. The van der Waals surface area contributed by atoms with Crippen molar-refractivity contribution in [2.45, 2.75) is 31.9 Å². The molecular formula is C15H20O4S. The Kier molecular flexibility index (Phi) is 4.60. The Labute approximate surface area is 120 Å². The molecule has 1 aliphatic rings. The lowest BCUT2D eigenvalue weighted by Gasteiger charge is -2.21. The van der Waals surface area contributed by atoms with Crippen molar-refractivity contribution < 1.29 is 17.9 Å². The lowest BCUT2D eigenvalue weighted by molar-refractivity contribution is 0.0971. The number of benzene rings is 1. The molecule has 0 unspecified atom stereocenters. The van der Waals surface area contributed by atoms with Gasteiger partial charge in [0.15, 0.2) is 15.6 Å². The van der Waals surface area contributed by atoms with Crippen LogP contribution in [0.3, 0.4) is 0 Å². The quantitative estimate of drug-likeness (QED) is 0.798. The molecule has 1 aliphatic heterocycles. The molecular weight excluding hydrogens is 276 g/mol. The highest BCUT2D eigenvalue weighted by atomic mass is 32.2. The Morgan fingerprint density at radius 2 is 1.90 bits per heavy atom. The topological polar surface area (TPSA) is 60.4 Å². The highest BCUT2D eigenvalue weighted by Gasteiger charge is 2.30. The first-order chi connectivity index (χ1) is 9.40. The van der Waals surface area contributed by atoms with E-state index in [2.05, 4.69) is 0 Å². The Morgan fingerprint density at radius 1 is 1.25 bits per heavy atom. The molecule has 1 saturated heterocycles. The van der Waals surface area contributed by atoms with E-state index in [1.807, 2.05) is 26.0 Å². The van der Waals surface area contributed by atoms with Crippen molar-refractivity contribution in [1.82, 2.24) is 0 Å². The number of hydrogen-bond donors (Lipinski definition) is 0. The number of sulfone groups is 1. The van der Waals surface area contributed by atoms with Crippen molar-refractivity contribution in [3.63, 3.8) is 0 Å². The summed E-state index contributed by atoms with van der Waals surface area (Å²) in [5.74, 6) is -0.709.